The lowest BCUT2D eigenvalue weighted by molar-refractivity contribution is 0.232. The Hall–Kier alpha value is -3.27. The third kappa shape index (κ3) is 3.40. The topological polar surface area (TPSA) is 50.4 Å². The first-order valence-corrected chi connectivity index (χ1v) is 8.75. The van der Waals surface area contributed by atoms with E-state index in [4.69, 9.17) is 4.74 Å². The first-order valence-electron chi connectivity index (χ1n) is 8.75. The molecule has 2 amide bonds. The van der Waals surface area contributed by atoms with Crippen molar-refractivity contribution in [2.24, 2.45) is 0 Å². The van der Waals surface area contributed by atoms with Crippen molar-refractivity contribution >= 4 is 11.7 Å². The van der Waals surface area contributed by atoms with Crippen LogP contribution in [0.4, 0.5) is 10.5 Å². The molecule has 0 radical (unpaired) electrons. The van der Waals surface area contributed by atoms with Gasteiger partial charge in [0.15, 0.2) is 0 Å². The molecule has 1 aliphatic heterocycles. The third-order valence-corrected chi connectivity index (χ3v) is 4.52. The number of amides is 2. The zero-order valence-corrected chi connectivity index (χ0v) is 14.3. The number of benzene rings is 3. The number of carbonyl (C=O) groups excluding carboxylic acids is 1. The minimum absolute atomic E-state index is 0.0520. The van der Waals surface area contributed by atoms with Crippen LogP contribution < -0.4 is 15.4 Å². The molecule has 4 heteroatoms. The summed E-state index contributed by atoms with van der Waals surface area (Å²) >= 11 is 0. The van der Waals surface area contributed by atoms with E-state index in [0.29, 0.717) is 6.61 Å². The van der Waals surface area contributed by atoms with E-state index in [-0.39, 0.29) is 12.1 Å². The molecular weight excluding hydrogens is 324 g/mol. The van der Waals surface area contributed by atoms with Crippen LogP contribution in [0, 0.1) is 0 Å². The average Bonchev–Trinajstić information content (AvgIpc) is 2.69. The van der Waals surface area contributed by atoms with Crippen LogP contribution in [0.25, 0.3) is 11.1 Å². The van der Waals surface area contributed by atoms with E-state index in [9.17, 15) is 4.79 Å². The zero-order valence-electron chi connectivity index (χ0n) is 14.3. The van der Waals surface area contributed by atoms with E-state index in [1.54, 1.807) is 0 Å². The van der Waals surface area contributed by atoms with Gasteiger partial charge in [0.05, 0.1) is 18.3 Å². The molecule has 0 aliphatic carbocycles. The van der Waals surface area contributed by atoms with Gasteiger partial charge in [-0.25, -0.2) is 4.79 Å². The predicted molar refractivity (Wildman–Crippen MR) is 103 cm³/mol. The van der Waals surface area contributed by atoms with E-state index < -0.39 is 0 Å². The van der Waals surface area contributed by atoms with E-state index in [2.05, 4.69) is 10.6 Å². The number of hydrogen-bond acceptors (Lipinski definition) is 2. The molecule has 0 saturated heterocycles. The fourth-order valence-corrected chi connectivity index (χ4v) is 3.27. The molecular formula is C22H20N2O2. The van der Waals surface area contributed by atoms with Crippen molar-refractivity contribution in [2.45, 2.75) is 12.5 Å². The fourth-order valence-electron chi connectivity index (χ4n) is 3.27. The van der Waals surface area contributed by atoms with Gasteiger partial charge in [0, 0.05) is 17.5 Å². The van der Waals surface area contributed by atoms with Gasteiger partial charge in [-0.3, -0.25) is 0 Å². The number of urea groups is 1. The summed E-state index contributed by atoms with van der Waals surface area (Å²) < 4.78 is 5.66. The molecule has 3 aromatic rings. The van der Waals surface area contributed by atoms with Crippen LogP contribution in [0.1, 0.15) is 18.0 Å². The number of para-hydroxylation sites is 2. The monoisotopic (exact) mass is 344 g/mol. The van der Waals surface area contributed by atoms with Crippen molar-refractivity contribution in [1.82, 2.24) is 5.32 Å². The predicted octanol–water partition coefficient (Wildman–Crippen LogP) is 5.00. The maximum atomic E-state index is 12.6. The number of fused-ring (bicyclic) bond motifs is 1. The summed E-state index contributed by atoms with van der Waals surface area (Å²) in [6.07, 6.45) is 0.755. The Labute approximate surface area is 152 Å². The van der Waals surface area contributed by atoms with Crippen molar-refractivity contribution in [3.05, 3.63) is 84.4 Å². The van der Waals surface area contributed by atoms with Gasteiger partial charge in [0.25, 0.3) is 0 Å². The molecule has 2 N–H and O–H groups in total. The Balaban J connectivity index is 1.52. The summed E-state index contributed by atoms with van der Waals surface area (Å²) in [6.45, 7) is 0.600. The Morgan fingerprint density at radius 1 is 0.885 bits per heavy atom. The fraction of sp³-hybridized carbons (Fsp3) is 0.136. The molecule has 1 heterocycles. The van der Waals surface area contributed by atoms with E-state index >= 15 is 0 Å². The second kappa shape index (κ2) is 7.31. The molecule has 4 nitrogen and oxygen atoms in total. The van der Waals surface area contributed by atoms with Crippen molar-refractivity contribution in [3.8, 4) is 16.9 Å². The van der Waals surface area contributed by atoms with Gasteiger partial charge in [-0.2, -0.15) is 0 Å². The molecule has 0 fully saturated rings. The number of hydrogen-bond donors (Lipinski definition) is 2. The summed E-state index contributed by atoms with van der Waals surface area (Å²) in [4.78, 5) is 12.6. The molecule has 1 aliphatic rings. The van der Waals surface area contributed by atoms with E-state index in [0.717, 1.165) is 34.5 Å². The molecule has 0 aromatic heterocycles. The second-order valence-electron chi connectivity index (χ2n) is 6.24. The maximum Gasteiger partial charge on any atom is 0.319 e. The smallest absolute Gasteiger partial charge is 0.319 e. The number of ether oxygens (including phenoxy) is 1. The lowest BCUT2D eigenvalue weighted by atomic mass is 10.0. The van der Waals surface area contributed by atoms with Gasteiger partial charge in [-0.15, -0.1) is 0 Å². The summed E-state index contributed by atoms with van der Waals surface area (Å²) in [7, 11) is 0. The van der Waals surface area contributed by atoms with Crippen molar-refractivity contribution < 1.29 is 9.53 Å². The van der Waals surface area contributed by atoms with Crippen LogP contribution in [0.15, 0.2) is 78.9 Å². The highest BCUT2D eigenvalue weighted by Gasteiger charge is 2.22. The van der Waals surface area contributed by atoms with Crippen LogP contribution in [-0.4, -0.2) is 12.6 Å². The lowest BCUT2D eigenvalue weighted by Gasteiger charge is -2.26. The molecule has 4 rings (SSSR count). The second-order valence-corrected chi connectivity index (χ2v) is 6.24. The highest BCUT2D eigenvalue weighted by molar-refractivity contribution is 5.94. The highest BCUT2D eigenvalue weighted by Crippen LogP contribution is 2.32. The maximum absolute atomic E-state index is 12.6. The van der Waals surface area contributed by atoms with E-state index in [1.807, 2.05) is 78.9 Å². The number of nitrogens with one attached hydrogen (secondary N) is 2. The van der Waals surface area contributed by atoms with Gasteiger partial charge < -0.3 is 15.4 Å². The lowest BCUT2D eigenvalue weighted by Crippen LogP contribution is -2.35. The van der Waals surface area contributed by atoms with Crippen LogP contribution in [0.3, 0.4) is 0 Å². The van der Waals surface area contributed by atoms with Gasteiger partial charge in [-0.05, 0) is 17.7 Å². The molecule has 1 atom stereocenters. The van der Waals surface area contributed by atoms with Gasteiger partial charge in [0.1, 0.15) is 5.75 Å². The summed E-state index contributed by atoms with van der Waals surface area (Å²) in [5, 5.41) is 6.07. The summed E-state index contributed by atoms with van der Waals surface area (Å²) in [6, 6.07) is 25.4. The first kappa shape index (κ1) is 16.2. The average molecular weight is 344 g/mol. The number of rotatable bonds is 3. The van der Waals surface area contributed by atoms with Crippen molar-refractivity contribution in [3.63, 3.8) is 0 Å². The molecule has 26 heavy (non-hydrogen) atoms. The van der Waals surface area contributed by atoms with Crippen molar-refractivity contribution in [1.29, 1.82) is 0 Å². The van der Waals surface area contributed by atoms with Crippen LogP contribution in [0.5, 0.6) is 5.75 Å². The highest BCUT2D eigenvalue weighted by atomic mass is 16.5. The summed E-state index contributed by atoms with van der Waals surface area (Å²) in [5.74, 6) is 0.841. The van der Waals surface area contributed by atoms with Gasteiger partial charge in [0.2, 0.25) is 0 Å². The summed E-state index contributed by atoms with van der Waals surface area (Å²) in [5.41, 5.74) is 3.87. The minimum atomic E-state index is -0.213. The SMILES string of the molecule is O=C(Nc1ccccc1-c1ccccc1)N[C@@H]1CCOc2ccccc21. The molecule has 0 saturated carbocycles. The number of anilines is 1. The largest absolute Gasteiger partial charge is 0.493 e. The van der Waals surface area contributed by atoms with Crippen LogP contribution in [0.2, 0.25) is 0 Å². The standard InChI is InChI=1S/C22H20N2O2/c25-22(24-20-14-15-26-21-13-7-5-11-18(20)21)23-19-12-6-4-10-17(19)16-8-2-1-3-9-16/h1-13,20H,14-15H2,(H2,23,24,25)/t20-/m1/s1. The number of carbonyl (C=O) groups is 1. The Morgan fingerprint density at radius 3 is 2.50 bits per heavy atom. The van der Waals surface area contributed by atoms with Gasteiger partial charge >= 0.3 is 6.03 Å². The molecule has 3 aromatic carbocycles. The van der Waals surface area contributed by atoms with Crippen molar-refractivity contribution in [2.75, 3.05) is 11.9 Å². The first-order chi connectivity index (χ1) is 12.8. The third-order valence-electron chi connectivity index (χ3n) is 4.52. The zero-order chi connectivity index (χ0) is 17.8. The quantitative estimate of drug-likeness (QED) is 0.702. The van der Waals surface area contributed by atoms with E-state index in [1.165, 1.54) is 0 Å². The Bertz CT molecular complexity index is 909. The normalized spacial score (nSPS) is 15.5. The van der Waals surface area contributed by atoms with Gasteiger partial charge in [-0.1, -0.05) is 66.7 Å². The molecule has 130 valence electrons. The minimum Gasteiger partial charge on any atom is -0.493 e. The molecule has 0 spiro atoms. The Kier molecular flexibility index (Phi) is 4.56. The van der Waals surface area contributed by atoms with Crippen LogP contribution >= 0.6 is 0 Å². The van der Waals surface area contributed by atoms with Crippen LogP contribution in [-0.2, 0) is 0 Å². The Morgan fingerprint density at radius 2 is 1.62 bits per heavy atom. The molecule has 0 unspecified atom stereocenters. The molecule has 0 bridgehead atoms.